The molecule has 1 aromatic heterocycles. The molecule has 4 rings (SSSR count). The molecular formula is C30H32N4O4. The number of amides is 2. The third kappa shape index (κ3) is 5.25. The molecular weight excluding hydrogens is 480 g/mol. The van der Waals surface area contributed by atoms with E-state index >= 15 is 0 Å². The van der Waals surface area contributed by atoms with Gasteiger partial charge in [0, 0.05) is 12.1 Å². The van der Waals surface area contributed by atoms with E-state index in [-0.39, 0.29) is 23.9 Å². The number of hydrogen-bond donors (Lipinski definition) is 1. The lowest BCUT2D eigenvalue weighted by atomic mass is 10.1. The number of nitrogens with one attached hydrogen (secondary N) is 1. The van der Waals surface area contributed by atoms with E-state index in [4.69, 9.17) is 14.6 Å². The summed E-state index contributed by atoms with van der Waals surface area (Å²) in [4.78, 5) is 28.5. The third-order valence-corrected chi connectivity index (χ3v) is 6.37. The van der Waals surface area contributed by atoms with Crippen molar-refractivity contribution < 1.29 is 19.1 Å². The lowest BCUT2D eigenvalue weighted by Gasteiger charge is -2.23. The van der Waals surface area contributed by atoms with Gasteiger partial charge in [0.05, 0.1) is 25.6 Å². The molecule has 0 saturated carbocycles. The number of carbonyl (C=O) groups is 2. The minimum atomic E-state index is -0.358. The highest BCUT2D eigenvalue weighted by atomic mass is 16.5. The van der Waals surface area contributed by atoms with Crippen molar-refractivity contribution in [2.24, 2.45) is 0 Å². The number of likely N-dealkylation sites (N-methyl/N-ethyl adjacent to an activating group) is 1. The second-order valence-corrected chi connectivity index (χ2v) is 8.78. The molecule has 8 heteroatoms. The van der Waals surface area contributed by atoms with Gasteiger partial charge in [-0.05, 0) is 50.1 Å². The highest BCUT2D eigenvalue weighted by Gasteiger charge is 2.26. The van der Waals surface area contributed by atoms with Crippen molar-refractivity contribution >= 4 is 17.6 Å². The van der Waals surface area contributed by atoms with E-state index in [2.05, 4.69) is 5.32 Å². The Morgan fingerprint density at radius 2 is 1.53 bits per heavy atom. The Morgan fingerprint density at radius 1 is 0.895 bits per heavy atom. The average molecular weight is 513 g/mol. The second kappa shape index (κ2) is 11.6. The predicted octanol–water partition coefficient (Wildman–Crippen LogP) is 5.27. The summed E-state index contributed by atoms with van der Waals surface area (Å²) < 4.78 is 12.6. The Balaban J connectivity index is 1.70. The number of methoxy groups -OCH3 is 2. The number of nitrogens with zero attached hydrogens (tertiary/aromatic N) is 3. The number of carbonyl (C=O) groups excluding carboxylic acids is 2. The predicted molar refractivity (Wildman–Crippen MR) is 148 cm³/mol. The number of aryl methyl sites for hydroxylation is 2. The van der Waals surface area contributed by atoms with Crippen LogP contribution in [0.5, 0.6) is 11.5 Å². The number of hydrogen-bond acceptors (Lipinski definition) is 5. The first-order valence-electron chi connectivity index (χ1n) is 12.4. The molecule has 8 nitrogen and oxygen atoms in total. The summed E-state index contributed by atoms with van der Waals surface area (Å²) in [6.07, 6.45) is 0. The lowest BCUT2D eigenvalue weighted by Crippen LogP contribution is -2.38. The minimum absolute atomic E-state index is 0.164. The second-order valence-electron chi connectivity index (χ2n) is 8.78. The number of aromatic nitrogens is 2. The Kier molecular flexibility index (Phi) is 8.11. The quantitative estimate of drug-likeness (QED) is 0.330. The van der Waals surface area contributed by atoms with Gasteiger partial charge in [0.25, 0.3) is 5.91 Å². The number of ether oxygens (including phenoxy) is 2. The fourth-order valence-electron chi connectivity index (χ4n) is 4.46. The molecule has 4 aromatic rings. The first kappa shape index (κ1) is 26.5. The van der Waals surface area contributed by atoms with Crippen LogP contribution in [-0.2, 0) is 4.79 Å². The first-order chi connectivity index (χ1) is 18.4. The van der Waals surface area contributed by atoms with Gasteiger partial charge >= 0.3 is 0 Å². The molecule has 0 radical (unpaired) electrons. The zero-order valence-electron chi connectivity index (χ0n) is 22.3. The van der Waals surface area contributed by atoms with Gasteiger partial charge in [-0.2, -0.15) is 5.10 Å². The molecule has 196 valence electrons. The number of para-hydroxylation sites is 1. The van der Waals surface area contributed by atoms with Crippen LogP contribution in [0.15, 0.2) is 72.8 Å². The van der Waals surface area contributed by atoms with E-state index in [9.17, 15) is 9.59 Å². The molecule has 0 atom stereocenters. The van der Waals surface area contributed by atoms with Gasteiger partial charge in [-0.25, -0.2) is 4.68 Å². The largest absolute Gasteiger partial charge is 0.496 e. The highest BCUT2D eigenvalue weighted by molar-refractivity contribution is 6.03. The molecule has 0 saturated heterocycles. The van der Waals surface area contributed by atoms with E-state index < -0.39 is 0 Å². The maximum absolute atomic E-state index is 13.5. The van der Waals surface area contributed by atoms with Crippen molar-refractivity contribution in [3.8, 4) is 28.3 Å². The molecule has 1 heterocycles. The van der Waals surface area contributed by atoms with Crippen LogP contribution >= 0.6 is 0 Å². The topological polar surface area (TPSA) is 85.7 Å². The highest BCUT2D eigenvalue weighted by Crippen LogP contribution is 2.34. The van der Waals surface area contributed by atoms with E-state index in [0.29, 0.717) is 23.9 Å². The van der Waals surface area contributed by atoms with Crippen molar-refractivity contribution in [2.75, 3.05) is 32.6 Å². The van der Waals surface area contributed by atoms with Gasteiger partial charge in [-0.15, -0.1) is 0 Å². The van der Waals surface area contributed by atoms with Crippen LogP contribution in [0.2, 0.25) is 0 Å². The molecule has 2 amide bonds. The van der Waals surface area contributed by atoms with Crippen LogP contribution in [0, 0.1) is 13.8 Å². The Hall–Kier alpha value is -4.59. The maximum atomic E-state index is 13.5. The van der Waals surface area contributed by atoms with Crippen molar-refractivity contribution in [3.05, 3.63) is 89.6 Å². The van der Waals surface area contributed by atoms with Crippen LogP contribution in [0.25, 0.3) is 16.8 Å². The lowest BCUT2D eigenvalue weighted by molar-refractivity contribution is -0.116. The van der Waals surface area contributed by atoms with E-state index in [1.807, 2.05) is 75.4 Å². The summed E-state index contributed by atoms with van der Waals surface area (Å²) >= 11 is 0. The summed E-state index contributed by atoms with van der Waals surface area (Å²) in [5.41, 5.74) is 4.68. The summed E-state index contributed by atoms with van der Waals surface area (Å²) in [5, 5.41) is 7.84. The van der Waals surface area contributed by atoms with E-state index in [1.54, 1.807) is 22.9 Å². The van der Waals surface area contributed by atoms with Crippen molar-refractivity contribution in [2.45, 2.75) is 20.8 Å². The Morgan fingerprint density at radius 3 is 2.13 bits per heavy atom. The Bertz CT molecular complexity index is 1420. The molecule has 0 spiro atoms. The zero-order valence-corrected chi connectivity index (χ0v) is 22.3. The number of benzene rings is 3. The van der Waals surface area contributed by atoms with Gasteiger partial charge in [0.15, 0.2) is 0 Å². The van der Waals surface area contributed by atoms with Crippen LogP contribution in [0.1, 0.15) is 28.5 Å². The smallest absolute Gasteiger partial charge is 0.261 e. The molecule has 0 unspecified atom stereocenters. The molecule has 0 aliphatic rings. The fraction of sp³-hybridized carbons (Fsp3) is 0.233. The van der Waals surface area contributed by atoms with Gasteiger partial charge in [0.1, 0.15) is 29.4 Å². The van der Waals surface area contributed by atoms with Crippen molar-refractivity contribution in [3.63, 3.8) is 0 Å². The SMILES string of the molecule is CCN(CC(=O)Nc1c(-c2ccccc2)c(C)nn1-c1ccccc1C)C(=O)c1c(OC)cccc1OC. The summed E-state index contributed by atoms with van der Waals surface area (Å²) in [6.45, 7) is 5.89. The monoisotopic (exact) mass is 512 g/mol. The summed E-state index contributed by atoms with van der Waals surface area (Å²) in [7, 11) is 2.99. The molecule has 0 aliphatic carbocycles. The van der Waals surface area contributed by atoms with Crippen LogP contribution in [-0.4, -0.2) is 53.8 Å². The molecule has 3 aromatic carbocycles. The third-order valence-electron chi connectivity index (χ3n) is 6.37. The van der Waals surface area contributed by atoms with Gasteiger partial charge < -0.3 is 19.7 Å². The summed E-state index contributed by atoms with van der Waals surface area (Å²) in [6, 6.07) is 22.8. The van der Waals surface area contributed by atoms with Crippen LogP contribution < -0.4 is 14.8 Å². The van der Waals surface area contributed by atoms with Crippen molar-refractivity contribution in [1.82, 2.24) is 14.7 Å². The minimum Gasteiger partial charge on any atom is -0.496 e. The van der Waals surface area contributed by atoms with Crippen molar-refractivity contribution in [1.29, 1.82) is 0 Å². The van der Waals surface area contributed by atoms with Crippen LogP contribution in [0.4, 0.5) is 5.82 Å². The van der Waals surface area contributed by atoms with E-state index in [0.717, 1.165) is 28.1 Å². The fourth-order valence-corrected chi connectivity index (χ4v) is 4.46. The molecule has 0 aliphatic heterocycles. The number of rotatable bonds is 9. The van der Waals surface area contributed by atoms with Gasteiger partial charge in [0.2, 0.25) is 5.91 Å². The molecule has 38 heavy (non-hydrogen) atoms. The Labute approximate surface area is 222 Å². The zero-order chi connectivity index (χ0) is 27.2. The molecule has 0 fully saturated rings. The standard InChI is InChI=1S/C30H32N4O4/c1-6-33(30(36)28-24(37-4)17-12-18-25(28)38-5)19-26(35)31-29-27(22-14-8-7-9-15-22)21(3)32-34(29)23-16-11-10-13-20(23)2/h7-18H,6,19H2,1-5H3,(H,31,35). The van der Waals surface area contributed by atoms with Gasteiger partial charge in [-0.3, -0.25) is 9.59 Å². The molecule has 0 bridgehead atoms. The summed E-state index contributed by atoms with van der Waals surface area (Å²) in [5.74, 6) is 0.608. The van der Waals surface area contributed by atoms with Crippen LogP contribution in [0.3, 0.4) is 0 Å². The number of anilines is 1. The first-order valence-corrected chi connectivity index (χ1v) is 12.4. The average Bonchev–Trinajstić information content (AvgIpc) is 3.26. The van der Waals surface area contributed by atoms with E-state index in [1.165, 1.54) is 19.1 Å². The van der Waals surface area contributed by atoms with Gasteiger partial charge in [-0.1, -0.05) is 54.6 Å². The maximum Gasteiger partial charge on any atom is 0.261 e. The normalized spacial score (nSPS) is 10.7. The molecule has 1 N–H and O–H groups in total.